The topological polar surface area (TPSA) is 58.1 Å². The summed E-state index contributed by atoms with van der Waals surface area (Å²) in [6.45, 7) is 5.05. The minimum Gasteiger partial charge on any atom is -0.352 e. The molecule has 0 aliphatic carbocycles. The zero-order valence-electron chi connectivity index (χ0n) is 11.4. The van der Waals surface area contributed by atoms with Crippen molar-refractivity contribution in [2.45, 2.75) is 19.4 Å². The molecule has 1 aromatic heterocycles. The number of hydrogen-bond donors (Lipinski definition) is 1. The van der Waals surface area contributed by atoms with E-state index in [-0.39, 0.29) is 11.2 Å². The monoisotopic (exact) mass is 290 g/mol. The van der Waals surface area contributed by atoms with Gasteiger partial charge in [0.2, 0.25) is 11.2 Å². The van der Waals surface area contributed by atoms with E-state index in [1.807, 2.05) is 43.0 Å². The van der Waals surface area contributed by atoms with E-state index in [0.29, 0.717) is 18.9 Å². The van der Waals surface area contributed by atoms with Crippen molar-refractivity contribution >= 4 is 34.2 Å². The third-order valence-electron chi connectivity index (χ3n) is 3.66. The van der Waals surface area contributed by atoms with E-state index in [1.54, 1.807) is 0 Å². The molecule has 1 fully saturated rings. The average molecular weight is 291 g/mol. The van der Waals surface area contributed by atoms with Gasteiger partial charge in [0, 0.05) is 18.5 Å². The number of carbonyl (C=O) groups is 1. The Balaban J connectivity index is 2.21. The third-order valence-corrected chi connectivity index (χ3v) is 3.83. The van der Waals surface area contributed by atoms with Crippen molar-refractivity contribution in [3.8, 4) is 0 Å². The Bertz CT molecular complexity index is 686. The molecule has 1 N–H and O–H groups in total. The fourth-order valence-electron chi connectivity index (χ4n) is 2.51. The number of nitrogens with zero attached hydrogens (tertiary/aromatic N) is 3. The number of fused-ring (bicyclic) bond motifs is 1. The van der Waals surface area contributed by atoms with E-state index in [2.05, 4.69) is 15.3 Å². The van der Waals surface area contributed by atoms with E-state index in [4.69, 9.17) is 11.6 Å². The summed E-state index contributed by atoms with van der Waals surface area (Å²) in [6, 6.07) is 7.68. The second-order valence-electron chi connectivity index (χ2n) is 5.30. The van der Waals surface area contributed by atoms with Gasteiger partial charge in [0.15, 0.2) is 0 Å². The van der Waals surface area contributed by atoms with Crippen molar-refractivity contribution in [3.05, 3.63) is 29.5 Å². The van der Waals surface area contributed by atoms with Crippen LogP contribution in [0.3, 0.4) is 0 Å². The second kappa shape index (κ2) is 4.59. The van der Waals surface area contributed by atoms with Gasteiger partial charge >= 0.3 is 0 Å². The van der Waals surface area contributed by atoms with E-state index in [0.717, 1.165) is 10.9 Å². The Morgan fingerprint density at radius 3 is 2.85 bits per heavy atom. The first-order valence-corrected chi connectivity index (χ1v) is 6.86. The molecule has 0 atom stereocenters. The molecule has 2 heterocycles. The molecular weight excluding hydrogens is 276 g/mol. The molecule has 1 aliphatic heterocycles. The van der Waals surface area contributed by atoms with Crippen molar-refractivity contribution in [1.29, 1.82) is 0 Å². The van der Waals surface area contributed by atoms with Gasteiger partial charge in [0.1, 0.15) is 11.4 Å². The van der Waals surface area contributed by atoms with Crippen LogP contribution in [-0.2, 0) is 4.79 Å². The number of rotatable bonds is 1. The van der Waals surface area contributed by atoms with Gasteiger partial charge in [-0.15, -0.1) is 0 Å². The summed E-state index contributed by atoms with van der Waals surface area (Å²) in [7, 11) is 0. The number of amides is 1. The summed E-state index contributed by atoms with van der Waals surface area (Å²) in [5, 5.41) is 3.98. The predicted octanol–water partition coefficient (Wildman–Crippen LogP) is 2.00. The second-order valence-corrected chi connectivity index (χ2v) is 5.64. The fourth-order valence-corrected chi connectivity index (χ4v) is 2.68. The molecule has 1 amide bonds. The molecule has 5 nitrogen and oxygen atoms in total. The van der Waals surface area contributed by atoms with E-state index >= 15 is 0 Å². The normalized spacial score (nSPS) is 18.1. The molecule has 0 radical (unpaired) electrons. The number of nitrogens with one attached hydrogen (secondary N) is 1. The van der Waals surface area contributed by atoms with Gasteiger partial charge in [0.05, 0.1) is 5.52 Å². The molecule has 20 heavy (non-hydrogen) atoms. The molecule has 1 saturated heterocycles. The molecule has 2 aromatic rings. The number of halogens is 1. The Morgan fingerprint density at radius 2 is 2.05 bits per heavy atom. The zero-order chi connectivity index (χ0) is 14.3. The predicted molar refractivity (Wildman–Crippen MR) is 79.0 cm³/mol. The van der Waals surface area contributed by atoms with E-state index < -0.39 is 5.54 Å². The maximum absolute atomic E-state index is 12.1. The summed E-state index contributed by atoms with van der Waals surface area (Å²) < 4.78 is 0. The largest absolute Gasteiger partial charge is 0.352 e. The lowest BCUT2D eigenvalue weighted by molar-refractivity contribution is -0.126. The highest BCUT2D eigenvalue weighted by Crippen LogP contribution is 2.31. The van der Waals surface area contributed by atoms with Crippen LogP contribution in [0.4, 0.5) is 5.82 Å². The minimum absolute atomic E-state index is 0.0115. The van der Waals surface area contributed by atoms with Crippen molar-refractivity contribution in [3.63, 3.8) is 0 Å². The van der Waals surface area contributed by atoms with E-state index in [1.165, 1.54) is 0 Å². The Labute approximate surface area is 122 Å². The van der Waals surface area contributed by atoms with Crippen LogP contribution in [0.5, 0.6) is 0 Å². The summed E-state index contributed by atoms with van der Waals surface area (Å²) in [4.78, 5) is 22.7. The Hall–Kier alpha value is -1.88. The summed E-state index contributed by atoms with van der Waals surface area (Å²) in [5.74, 6) is 0.697. The maximum Gasteiger partial charge on any atom is 0.245 e. The van der Waals surface area contributed by atoms with Gasteiger partial charge in [-0.2, -0.15) is 4.98 Å². The first-order chi connectivity index (χ1) is 9.50. The molecule has 104 valence electrons. The molecule has 6 heteroatoms. The van der Waals surface area contributed by atoms with Crippen LogP contribution in [0.1, 0.15) is 13.8 Å². The lowest BCUT2D eigenvalue weighted by Crippen LogP contribution is -2.62. The number of para-hydroxylation sites is 1. The van der Waals surface area contributed by atoms with Gasteiger partial charge in [-0.3, -0.25) is 4.79 Å². The standard InChI is InChI=1S/C14H15ClN4O/c1-14(2)12(20)16-7-8-19(14)11-9-5-3-4-6-10(9)17-13(15)18-11/h3-6H,7-8H2,1-2H3,(H,16,20). The third kappa shape index (κ3) is 1.98. The number of piperazine rings is 1. The lowest BCUT2D eigenvalue weighted by Gasteiger charge is -2.42. The highest BCUT2D eigenvalue weighted by molar-refractivity contribution is 6.28. The van der Waals surface area contributed by atoms with Crippen molar-refractivity contribution < 1.29 is 4.79 Å². The van der Waals surface area contributed by atoms with Gasteiger partial charge in [-0.05, 0) is 37.6 Å². The first kappa shape index (κ1) is 13.1. The number of aromatic nitrogens is 2. The molecule has 1 aromatic carbocycles. The first-order valence-electron chi connectivity index (χ1n) is 6.48. The SMILES string of the molecule is CC1(C)C(=O)NCCN1c1nc(Cl)nc2ccccc12. The smallest absolute Gasteiger partial charge is 0.245 e. The molecule has 0 bridgehead atoms. The summed E-state index contributed by atoms with van der Waals surface area (Å²) in [5.41, 5.74) is 0.114. The van der Waals surface area contributed by atoms with Crippen LogP contribution in [0.2, 0.25) is 5.28 Å². The number of anilines is 1. The zero-order valence-corrected chi connectivity index (χ0v) is 12.1. The highest BCUT2D eigenvalue weighted by atomic mass is 35.5. The van der Waals surface area contributed by atoms with Crippen molar-refractivity contribution in [1.82, 2.24) is 15.3 Å². The molecule has 3 rings (SSSR count). The van der Waals surface area contributed by atoms with Gasteiger partial charge in [-0.1, -0.05) is 12.1 Å². The van der Waals surface area contributed by atoms with Gasteiger partial charge in [0.25, 0.3) is 0 Å². The summed E-state index contributed by atoms with van der Waals surface area (Å²) >= 11 is 6.02. The highest BCUT2D eigenvalue weighted by Gasteiger charge is 2.39. The van der Waals surface area contributed by atoms with Crippen LogP contribution >= 0.6 is 11.6 Å². The van der Waals surface area contributed by atoms with Gasteiger partial charge in [-0.25, -0.2) is 4.98 Å². The quantitative estimate of drug-likeness (QED) is 0.816. The minimum atomic E-state index is -0.668. The molecule has 0 spiro atoms. The Kier molecular flexibility index (Phi) is 3.01. The maximum atomic E-state index is 12.1. The number of carbonyl (C=O) groups excluding carboxylic acids is 1. The van der Waals surface area contributed by atoms with Crippen molar-refractivity contribution in [2.75, 3.05) is 18.0 Å². The number of hydrogen-bond acceptors (Lipinski definition) is 4. The van der Waals surface area contributed by atoms with Crippen LogP contribution in [0.15, 0.2) is 24.3 Å². The molecule has 0 saturated carbocycles. The average Bonchev–Trinajstić information content (AvgIpc) is 2.41. The molecule has 1 aliphatic rings. The van der Waals surface area contributed by atoms with Crippen LogP contribution in [-0.4, -0.2) is 34.5 Å². The molecule has 0 unspecified atom stereocenters. The number of benzene rings is 1. The van der Waals surface area contributed by atoms with Crippen LogP contribution < -0.4 is 10.2 Å². The van der Waals surface area contributed by atoms with E-state index in [9.17, 15) is 4.79 Å². The molecular formula is C14H15ClN4O. The fraction of sp³-hybridized carbons (Fsp3) is 0.357. The van der Waals surface area contributed by atoms with Crippen LogP contribution in [0, 0.1) is 0 Å². The van der Waals surface area contributed by atoms with Crippen molar-refractivity contribution in [2.24, 2.45) is 0 Å². The summed E-state index contributed by atoms with van der Waals surface area (Å²) in [6.07, 6.45) is 0. The Morgan fingerprint density at radius 1 is 1.30 bits per heavy atom. The van der Waals surface area contributed by atoms with Crippen LogP contribution in [0.25, 0.3) is 10.9 Å². The van der Waals surface area contributed by atoms with Gasteiger partial charge < -0.3 is 10.2 Å². The lowest BCUT2D eigenvalue weighted by atomic mass is 9.98.